The van der Waals surface area contributed by atoms with Gasteiger partial charge in [0.1, 0.15) is 118 Å². The van der Waals surface area contributed by atoms with E-state index in [2.05, 4.69) is 209 Å². The van der Waals surface area contributed by atoms with E-state index in [4.69, 9.17) is 63.8 Å². The largest absolute Gasteiger partial charge is 0.444 e. The second-order valence-electron chi connectivity index (χ2n) is 35.1. The number of anilines is 3. The number of nitriles is 3. The number of nitrogens with two attached hydrogens (primary N) is 3. The van der Waals surface area contributed by atoms with Crippen molar-refractivity contribution < 1.29 is 57.6 Å². The van der Waals surface area contributed by atoms with Gasteiger partial charge in [-0.05, 0) is 343 Å². The number of nitrogens with one attached hydrogen (secondary N) is 6. The van der Waals surface area contributed by atoms with Gasteiger partial charge >= 0.3 is 24.4 Å². The summed E-state index contributed by atoms with van der Waals surface area (Å²) in [6.07, 6.45) is 13.5. The van der Waals surface area contributed by atoms with Crippen molar-refractivity contribution in [2.75, 3.05) is 108 Å². The third-order valence-corrected chi connectivity index (χ3v) is 24.0. The molecular weight excluding hydrogens is 2200 g/mol. The first kappa shape index (κ1) is 112. The van der Waals surface area contributed by atoms with Gasteiger partial charge in [-0.15, -0.1) is 12.4 Å². The fraction of sp³-hybridized carbons (Fsp3) is 0.658. The number of hydrogen-bond acceptors (Lipinski definition) is 27. The summed E-state index contributed by atoms with van der Waals surface area (Å²) < 4.78 is 35.1. The zero-order chi connectivity index (χ0) is 95.5. The van der Waals surface area contributed by atoms with Gasteiger partial charge in [-0.1, -0.05) is 11.2 Å². The maximum Gasteiger partial charge on any atom is 0.410 e. The SMILES string of the molecule is C=CC(=O)Cl.CC(C)(C)OC(=O)N1CC[C@@H](O)C1.CC(C)(C)OC(=O)N1CC[C@H](n2nc(Br)c(C#N)c2Br)C1.CC(C)(C)OC(=O)N1CC[C@H](n2nc(Br)c(C#N)c2NCC2CC2)C1.CC(C)(C)OC(=O)N1CC[C@H](n2nc(Br)c(C(N)=O)c2NCC2CC2)C1.Cl.N#Cc1c(Br)n[nH]c1Br.N=NN=NCl.NC(=O)c1c(Br)nn([C@H]2CCNC2)c1NCC1CC1.NCC1CC1. The number of carbonyl (C=O) groups excluding carboxylic acids is 7. The Hall–Kier alpha value is -7.34. The van der Waals surface area contributed by atoms with E-state index >= 15 is 0 Å². The van der Waals surface area contributed by atoms with Gasteiger partial charge in [-0.2, -0.15) is 46.8 Å². The zero-order valence-corrected chi connectivity index (χ0v) is 87.5. The van der Waals surface area contributed by atoms with Crippen LogP contribution in [0.25, 0.3) is 0 Å². The zero-order valence-electron chi connectivity index (χ0n) is 74.0. The Balaban J connectivity index is 0.000000270. The van der Waals surface area contributed by atoms with Gasteiger partial charge in [0, 0.05) is 78.5 Å². The monoisotopic (exact) mass is 2310 g/mol. The summed E-state index contributed by atoms with van der Waals surface area (Å²) in [5.41, 5.74) is 22.5. The number of likely N-dealkylation sites (tertiary alicyclic amines) is 4. The van der Waals surface area contributed by atoms with Crippen LogP contribution < -0.4 is 38.5 Å². The second-order valence-corrected chi connectivity index (χ2v) is 40.9. The van der Waals surface area contributed by atoms with Crippen molar-refractivity contribution in [2.45, 2.75) is 219 Å². The van der Waals surface area contributed by atoms with Crippen LogP contribution >= 0.6 is 147 Å². The fourth-order valence-corrected chi connectivity index (χ4v) is 16.6. The number of rotatable bonds is 18. The molecule has 4 saturated carbocycles. The first-order valence-electron chi connectivity index (χ1n) is 41.5. The molecule has 5 aromatic heterocycles. The molecule has 14 rings (SSSR count). The molecule has 40 nitrogen and oxygen atoms in total. The topological polar surface area (TPSA) is 548 Å². The van der Waals surface area contributed by atoms with Crippen molar-refractivity contribution in [3.05, 3.63) is 72.7 Å². The molecule has 5 saturated heterocycles. The van der Waals surface area contributed by atoms with Crippen molar-refractivity contribution in [2.24, 2.45) is 56.0 Å². The summed E-state index contributed by atoms with van der Waals surface area (Å²) in [6.45, 7) is 34.9. The van der Waals surface area contributed by atoms with E-state index in [1.165, 1.54) is 56.3 Å². The standard InChI is InChI=1S/C17H26BrN5O3.C17H24BrN5O2.C13H16Br2N4O2.C12H18BrN5O.C9H17NO3.C4HBr2N3.C4H9N.C3H3ClO.ClHN4.ClH/c1-17(2,3)26-16(25)22-7-6-11(9-22)23-15(20-8-10-4-5-10)12(14(19)24)13(18)21-23;1-17(2,3)25-16(24)22-7-6-12(10-22)23-15(20-9-11-4-5-11)13(8-19)14(18)21-23;1-13(2,3)21-12(20)18-5-4-8(7-18)19-11(15)9(6-16)10(14)17-19;13-10-9(11(14)19)12(16-5-7-1-2-7)18(17-10)8-3-4-15-6-8;1-9(2,3)13-8(12)10-5-4-7(11)6-10;5-3-2(1-7)4(6)9-8-3;5-3-4-1-2-4;1-2-3(4)5;1-3-5-4-2;/h10-11,20H,4-9H2,1-3H3,(H2,19,24);11-12,20H,4-7,9-10H2,1-3H3;8H,4-5,7H2,1-3H3;7-8,15-16H,1-6H2,(H2,14,19);7,11H,4-6H2,1-3H3;(H,8,9);4H,1-3,5H2;2H,1H2;2H;1H/t11-;12-;2*8-;7-;;;;;/m00001...../s1. The summed E-state index contributed by atoms with van der Waals surface area (Å²) in [4.78, 5) is 87.6. The molecule has 0 unspecified atom stereocenters. The summed E-state index contributed by atoms with van der Waals surface area (Å²) in [6, 6.07) is 6.58. The summed E-state index contributed by atoms with van der Waals surface area (Å²) in [7, 11) is 0. The highest BCUT2D eigenvalue weighted by molar-refractivity contribution is 9.11. The Labute approximate surface area is 826 Å². The van der Waals surface area contributed by atoms with Crippen LogP contribution in [0.2, 0.25) is 0 Å². The second kappa shape index (κ2) is 52.4. The average molecular weight is 2320 g/mol. The lowest BCUT2D eigenvalue weighted by atomic mass is 10.2. The smallest absolute Gasteiger partial charge is 0.410 e. The maximum atomic E-state index is 12.3. The Morgan fingerprint density at radius 3 is 1.14 bits per heavy atom. The molecule has 714 valence electrons. The van der Waals surface area contributed by atoms with Gasteiger partial charge in [0.05, 0.1) is 42.0 Å². The number of primary amides is 2. The quantitative estimate of drug-likeness (QED) is 0.0128. The molecule has 0 radical (unpaired) electrons. The highest BCUT2D eigenvalue weighted by Crippen LogP contribution is 2.39. The van der Waals surface area contributed by atoms with Gasteiger partial charge in [-0.25, -0.2) is 33.2 Å². The Morgan fingerprint density at radius 2 is 0.868 bits per heavy atom. The van der Waals surface area contributed by atoms with Crippen molar-refractivity contribution in [3.8, 4) is 18.2 Å². The number of β-amino-alcohol motifs (C(OH)–C–C–N with tert-alkyl or cyclic N) is 1. The van der Waals surface area contributed by atoms with E-state index in [1.54, 1.807) is 24.1 Å². The third kappa shape index (κ3) is 37.9. The molecule has 10 heterocycles. The van der Waals surface area contributed by atoms with E-state index in [0.717, 1.165) is 94.5 Å². The van der Waals surface area contributed by atoms with Crippen LogP contribution in [0.1, 0.15) is 228 Å². The van der Waals surface area contributed by atoms with E-state index in [1.807, 2.05) is 98.5 Å². The number of nitrogens with zero attached hydrogens (tertiary/aromatic N) is 19. The lowest BCUT2D eigenvalue weighted by molar-refractivity contribution is -0.107. The number of aromatic amines is 1. The fourth-order valence-electron chi connectivity index (χ4n) is 12.6. The van der Waals surface area contributed by atoms with Crippen molar-refractivity contribution in [1.82, 2.24) is 74.2 Å². The van der Waals surface area contributed by atoms with Crippen LogP contribution in [0.15, 0.2) is 60.0 Å². The number of H-pyrrole nitrogens is 1. The van der Waals surface area contributed by atoms with E-state index in [9.17, 15) is 43.9 Å². The molecule has 4 aliphatic carbocycles. The molecule has 0 aromatic carbocycles. The van der Waals surface area contributed by atoms with Crippen LogP contribution in [0.5, 0.6) is 0 Å². The summed E-state index contributed by atoms with van der Waals surface area (Å²) in [5, 5.41) is 78.1. The first-order valence-corrected chi connectivity index (χ1v) is 47.7. The number of amides is 6. The van der Waals surface area contributed by atoms with E-state index in [0.29, 0.717) is 136 Å². The van der Waals surface area contributed by atoms with Crippen LogP contribution in [0.4, 0.5) is 36.6 Å². The molecule has 6 amide bonds. The molecule has 13 N–H and O–H groups in total. The minimum atomic E-state index is -0.528. The van der Waals surface area contributed by atoms with Crippen LogP contribution in [-0.4, -0.2) is 236 Å². The minimum Gasteiger partial charge on any atom is -0.444 e. The molecule has 5 aliphatic heterocycles. The first-order chi connectivity index (χ1) is 60.1. The average Bonchev–Trinajstić information content (AvgIpc) is 1.65. The predicted molar refractivity (Wildman–Crippen MR) is 511 cm³/mol. The van der Waals surface area contributed by atoms with Crippen LogP contribution in [-0.2, 0) is 23.7 Å². The Morgan fingerprint density at radius 1 is 0.527 bits per heavy atom. The number of ether oxygens (including phenoxy) is 4. The van der Waals surface area contributed by atoms with Gasteiger partial charge in [0.15, 0.2) is 0 Å². The Bertz CT molecular complexity index is 4750. The number of aromatic nitrogens is 10. The van der Waals surface area contributed by atoms with Crippen LogP contribution in [0.3, 0.4) is 0 Å². The number of aliphatic hydroxyl groups excluding tert-OH is 1. The molecule has 129 heavy (non-hydrogen) atoms. The molecule has 0 bridgehead atoms. The van der Waals surface area contributed by atoms with Gasteiger partial charge in [0.2, 0.25) is 5.24 Å². The number of allylic oxidation sites excluding steroid dienone is 1. The molecule has 9 fully saturated rings. The molecular formula is C79H116Br7Cl3N28O12. The van der Waals surface area contributed by atoms with Crippen molar-refractivity contribution in [3.63, 3.8) is 0 Å². The number of hydrogen-bond donors (Lipinski definition) is 10. The molecule has 50 heteroatoms. The number of halogens is 10. The number of carbonyl (C=O) groups is 7. The number of aliphatic hydroxyl groups is 1. The predicted octanol–water partition coefficient (Wildman–Crippen LogP) is 16.9. The lowest BCUT2D eigenvalue weighted by Gasteiger charge is -2.24. The molecule has 5 atom stereocenters. The minimum absolute atomic E-state index is 0. The Kier molecular flexibility index (Phi) is 45.5. The normalized spacial score (nSPS) is 18.9. The van der Waals surface area contributed by atoms with Gasteiger partial charge in [-0.3, -0.25) is 24.2 Å². The molecule has 0 spiro atoms. The highest BCUT2D eigenvalue weighted by Gasteiger charge is 2.39. The van der Waals surface area contributed by atoms with Gasteiger partial charge < -0.3 is 82.1 Å². The molecule has 5 aromatic rings. The summed E-state index contributed by atoms with van der Waals surface area (Å²) in [5.74, 6) is 4.14. The van der Waals surface area contributed by atoms with E-state index in [-0.39, 0.29) is 67.1 Å². The lowest BCUT2D eigenvalue weighted by Crippen LogP contribution is -2.35. The maximum absolute atomic E-state index is 12.3. The van der Waals surface area contributed by atoms with Crippen molar-refractivity contribution in [1.29, 1.82) is 21.3 Å². The van der Waals surface area contributed by atoms with Crippen molar-refractivity contribution >= 4 is 206 Å². The molecule has 9 aliphatic rings. The summed E-state index contributed by atoms with van der Waals surface area (Å²) >= 11 is 32.2. The third-order valence-electron chi connectivity index (χ3n) is 19.6. The van der Waals surface area contributed by atoms with E-state index < -0.39 is 39.5 Å². The highest BCUT2D eigenvalue weighted by atomic mass is 79.9. The van der Waals surface area contributed by atoms with Gasteiger partial charge in [0.25, 0.3) is 11.8 Å². The van der Waals surface area contributed by atoms with Crippen LogP contribution in [0, 0.1) is 63.2 Å².